The fourth-order valence-corrected chi connectivity index (χ4v) is 3.54. The van der Waals surface area contributed by atoms with Crippen LogP contribution in [0.2, 0.25) is 5.02 Å². The van der Waals surface area contributed by atoms with Gasteiger partial charge in [-0.3, -0.25) is 0 Å². The molecule has 0 radical (unpaired) electrons. The van der Waals surface area contributed by atoms with E-state index in [9.17, 15) is 10.5 Å². The smallest absolute Gasteiger partial charge is 0.175 e. The summed E-state index contributed by atoms with van der Waals surface area (Å²) in [5.41, 5.74) is 3.39. The van der Waals surface area contributed by atoms with E-state index in [1.54, 1.807) is 49.6 Å². The first kappa shape index (κ1) is 21.5. The molecule has 0 spiro atoms. The van der Waals surface area contributed by atoms with Crippen LogP contribution < -0.4 is 9.47 Å². The van der Waals surface area contributed by atoms with Crippen molar-refractivity contribution in [3.63, 3.8) is 0 Å². The Morgan fingerprint density at radius 3 is 2.50 bits per heavy atom. The molecule has 4 nitrogen and oxygen atoms in total. The molecular formula is C24H16BrClN2O2. The van der Waals surface area contributed by atoms with Gasteiger partial charge in [0.15, 0.2) is 11.5 Å². The fraction of sp³-hybridized carbons (Fsp3) is 0.0833. The molecule has 0 fully saturated rings. The predicted octanol–water partition coefficient (Wildman–Crippen LogP) is 6.63. The van der Waals surface area contributed by atoms with Gasteiger partial charge in [-0.1, -0.05) is 41.9 Å². The molecule has 0 N–H and O–H groups in total. The Balaban J connectivity index is 1.91. The third-order valence-corrected chi connectivity index (χ3v) is 5.19. The highest BCUT2D eigenvalue weighted by Crippen LogP contribution is 2.38. The van der Waals surface area contributed by atoms with E-state index in [4.69, 9.17) is 21.1 Å². The third kappa shape index (κ3) is 5.02. The largest absolute Gasteiger partial charge is 0.493 e. The highest BCUT2D eigenvalue weighted by atomic mass is 79.9. The maximum atomic E-state index is 9.57. The fourth-order valence-electron chi connectivity index (χ4n) is 2.84. The number of halogens is 2. The van der Waals surface area contributed by atoms with E-state index in [1.165, 1.54) is 0 Å². The van der Waals surface area contributed by atoms with Crippen LogP contribution in [-0.2, 0) is 6.61 Å². The van der Waals surface area contributed by atoms with Crippen molar-refractivity contribution in [2.24, 2.45) is 0 Å². The number of ether oxygens (including phenoxy) is 2. The van der Waals surface area contributed by atoms with Crippen LogP contribution in [0.25, 0.3) is 11.6 Å². The zero-order valence-electron chi connectivity index (χ0n) is 16.0. The van der Waals surface area contributed by atoms with Gasteiger partial charge in [-0.15, -0.1) is 0 Å². The molecule has 0 amide bonds. The van der Waals surface area contributed by atoms with E-state index < -0.39 is 0 Å². The van der Waals surface area contributed by atoms with Gasteiger partial charge in [-0.05, 0) is 63.5 Å². The van der Waals surface area contributed by atoms with E-state index in [-0.39, 0.29) is 6.61 Å². The Morgan fingerprint density at radius 2 is 1.83 bits per heavy atom. The number of methoxy groups -OCH3 is 1. The van der Waals surface area contributed by atoms with E-state index in [2.05, 4.69) is 28.1 Å². The minimum Gasteiger partial charge on any atom is -0.493 e. The van der Waals surface area contributed by atoms with Crippen LogP contribution in [-0.4, -0.2) is 7.11 Å². The van der Waals surface area contributed by atoms with Gasteiger partial charge < -0.3 is 9.47 Å². The van der Waals surface area contributed by atoms with Gasteiger partial charge in [0.2, 0.25) is 0 Å². The minimum absolute atomic E-state index is 0.224. The second kappa shape index (κ2) is 9.98. The molecule has 3 rings (SSSR count). The number of nitrogens with zero attached hydrogens (tertiary/aromatic N) is 2. The van der Waals surface area contributed by atoms with Crippen molar-refractivity contribution in [1.29, 1.82) is 10.5 Å². The van der Waals surface area contributed by atoms with Crippen LogP contribution in [0.4, 0.5) is 0 Å². The van der Waals surface area contributed by atoms with Gasteiger partial charge in [0, 0.05) is 10.6 Å². The van der Waals surface area contributed by atoms with Crippen LogP contribution in [0, 0.1) is 22.7 Å². The van der Waals surface area contributed by atoms with Crippen molar-refractivity contribution in [3.05, 3.63) is 92.4 Å². The third-order valence-electron chi connectivity index (χ3n) is 4.35. The average molecular weight is 480 g/mol. The van der Waals surface area contributed by atoms with Gasteiger partial charge in [0.25, 0.3) is 0 Å². The lowest BCUT2D eigenvalue weighted by Crippen LogP contribution is -2.01. The quantitative estimate of drug-likeness (QED) is 0.294. The molecule has 0 heterocycles. The summed E-state index contributed by atoms with van der Waals surface area (Å²) in [6.07, 6.45) is 1.77. The first-order valence-corrected chi connectivity index (χ1v) is 10.1. The van der Waals surface area contributed by atoms with Crippen molar-refractivity contribution in [1.82, 2.24) is 0 Å². The van der Waals surface area contributed by atoms with Crippen molar-refractivity contribution in [3.8, 4) is 23.6 Å². The van der Waals surface area contributed by atoms with Crippen LogP contribution in [0.15, 0.2) is 65.1 Å². The van der Waals surface area contributed by atoms with Crippen LogP contribution in [0.1, 0.15) is 22.3 Å². The van der Waals surface area contributed by atoms with Crippen molar-refractivity contribution < 1.29 is 9.47 Å². The van der Waals surface area contributed by atoms with Gasteiger partial charge in [0.05, 0.1) is 34.9 Å². The molecule has 0 aliphatic rings. The molecule has 0 aliphatic heterocycles. The zero-order chi connectivity index (χ0) is 21.5. The highest BCUT2D eigenvalue weighted by molar-refractivity contribution is 9.10. The summed E-state index contributed by atoms with van der Waals surface area (Å²) >= 11 is 9.46. The zero-order valence-corrected chi connectivity index (χ0v) is 18.4. The number of hydrogen-bond acceptors (Lipinski definition) is 4. The monoisotopic (exact) mass is 478 g/mol. The Bertz CT molecular complexity index is 1180. The lowest BCUT2D eigenvalue weighted by molar-refractivity contribution is 0.282. The summed E-state index contributed by atoms with van der Waals surface area (Å²) in [7, 11) is 1.55. The topological polar surface area (TPSA) is 66.0 Å². The maximum absolute atomic E-state index is 9.57. The molecule has 0 saturated heterocycles. The average Bonchev–Trinajstić information content (AvgIpc) is 2.77. The number of rotatable bonds is 6. The van der Waals surface area contributed by atoms with E-state index in [0.717, 1.165) is 16.7 Å². The second-order valence-electron chi connectivity index (χ2n) is 6.27. The first-order chi connectivity index (χ1) is 14.5. The number of hydrogen-bond donors (Lipinski definition) is 0. The minimum atomic E-state index is 0.224. The van der Waals surface area contributed by atoms with Gasteiger partial charge in [-0.2, -0.15) is 10.5 Å². The standard InChI is InChI=1S/C24H16BrClN2O2/c1-29-23-12-16(10-20(14-28)17-6-8-21(26)9-7-17)11-22(25)24(23)30-15-19-5-3-2-4-18(19)13-27/h2-12H,15H2,1H3/b20-10-. The van der Waals surface area contributed by atoms with Gasteiger partial charge >= 0.3 is 0 Å². The lowest BCUT2D eigenvalue weighted by Gasteiger charge is -2.14. The molecule has 3 aromatic rings. The molecule has 30 heavy (non-hydrogen) atoms. The molecule has 0 aliphatic carbocycles. The molecule has 148 valence electrons. The van der Waals surface area contributed by atoms with Crippen molar-refractivity contribution >= 4 is 39.2 Å². The number of benzene rings is 3. The molecule has 0 atom stereocenters. The Kier molecular flexibility index (Phi) is 7.14. The first-order valence-electron chi connectivity index (χ1n) is 8.91. The van der Waals surface area contributed by atoms with E-state index in [1.807, 2.05) is 24.3 Å². The van der Waals surface area contributed by atoms with Gasteiger partial charge in [0.1, 0.15) is 6.61 Å². The molecule has 0 bridgehead atoms. The van der Waals surface area contributed by atoms with E-state index >= 15 is 0 Å². The van der Waals surface area contributed by atoms with Gasteiger partial charge in [-0.25, -0.2) is 0 Å². The molecule has 6 heteroatoms. The molecule has 0 unspecified atom stereocenters. The van der Waals surface area contributed by atoms with Crippen LogP contribution in [0.5, 0.6) is 11.5 Å². The van der Waals surface area contributed by atoms with Crippen LogP contribution in [0.3, 0.4) is 0 Å². The summed E-state index contributed by atoms with van der Waals surface area (Å²) < 4.78 is 12.1. The SMILES string of the molecule is COc1cc(/C=C(/C#N)c2ccc(Cl)cc2)cc(Br)c1OCc1ccccc1C#N. The molecule has 0 aromatic heterocycles. The summed E-state index contributed by atoms with van der Waals surface area (Å²) in [6.45, 7) is 0.224. The normalized spacial score (nSPS) is 10.8. The summed E-state index contributed by atoms with van der Waals surface area (Å²) in [5, 5.41) is 19.4. The number of allylic oxidation sites excluding steroid dienone is 1. The predicted molar refractivity (Wildman–Crippen MR) is 121 cm³/mol. The lowest BCUT2D eigenvalue weighted by atomic mass is 10.0. The van der Waals surface area contributed by atoms with Crippen LogP contribution >= 0.6 is 27.5 Å². The molecule has 0 saturated carbocycles. The summed E-state index contributed by atoms with van der Waals surface area (Å²) in [6, 6.07) is 22.4. The Labute approximate surface area is 188 Å². The van der Waals surface area contributed by atoms with E-state index in [0.29, 0.717) is 32.1 Å². The molecular weight excluding hydrogens is 464 g/mol. The summed E-state index contributed by atoms with van der Waals surface area (Å²) in [5.74, 6) is 1.03. The van der Waals surface area contributed by atoms with Crippen molar-refractivity contribution in [2.75, 3.05) is 7.11 Å². The molecule has 3 aromatic carbocycles. The Hall–Kier alpha value is -3.25. The number of nitriles is 2. The highest BCUT2D eigenvalue weighted by Gasteiger charge is 2.13. The maximum Gasteiger partial charge on any atom is 0.175 e. The second-order valence-corrected chi connectivity index (χ2v) is 7.56. The summed E-state index contributed by atoms with van der Waals surface area (Å²) in [4.78, 5) is 0. The Morgan fingerprint density at radius 1 is 1.10 bits per heavy atom. The van der Waals surface area contributed by atoms with Crippen molar-refractivity contribution in [2.45, 2.75) is 6.61 Å².